The molecule has 130 valence electrons. The lowest BCUT2D eigenvalue weighted by molar-refractivity contribution is -0.124. The highest BCUT2D eigenvalue weighted by Crippen LogP contribution is 2.26. The van der Waals surface area contributed by atoms with E-state index in [1.807, 2.05) is 58.0 Å². The van der Waals surface area contributed by atoms with Gasteiger partial charge in [0.15, 0.2) is 11.5 Å². The van der Waals surface area contributed by atoms with Crippen LogP contribution in [0.3, 0.4) is 0 Å². The van der Waals surface area contributed by atoms with E-state index < -0.39 is 0 Å². The van der Waals surface area contributed by atoms with Crippen molar-refractivity contribution >= 4 is 5.91 Å². The summed E-state index contributed by atoms with van der Waals surface area (Å²) in [5.74, 6) is 1.25. The van der Waals surface area contributed by atoms with E-state index in [-0.39, 0.29) is 18.1 Å². The molecule has 1 amide bonds. The Kier molecular flexibility index (Phi) is 5.84. The fourth-order valence-electron chi connectivity index (χ4n) is 2.52. The summed E-state index contributed by atoms with van der Waals surface area (Å²) >= 11 is 0. The molecule has 1 heterocycles. The first-order valence-electron chi connectivity index (χ1n) is 8.02. The molecule has 2 atom stereocenters. The van der Waals surface area contributed by atoms with Crippen LogP contribution in [0.4, 0.5) is 0 Å². The van der Waals surface area contributed by atoms with E-state index in [0.29, 0.717) is 18.0 Å². The van der Waals surface area contributed by atoms with Crippen molar-refractivity contribution in [2.45, 2.75) is 39.8 Å². The lowest BCUT2D eigenvalue weighted by atomic mass is 10.3. The predicted molar refractivity (Wildman–Crippen MR) is 92.5 cm³/mol. The van der Waals surface area contributed by atoms with Crippen LogP contribution in [-0.4, -0.2) is 35.4 Å². The number of nitrogens with zero attached hydrogens (tertiary/aromatic N) is 2. The number of aryl methyl sites for hydroxylation is 2. The first kappa shape index (κ1) is 17.8. The van der Waals surface area contributed by atoms with Crippen molar-refractivity contribution in [2.24, 2.45) is 0 Å². The Morgan fingerprint density at radius 3 is 2.50 bits per heavy atom. The number of para-hydroxylation sites is 2. The van der Waals surface area contributed by atoms with Gasteiger partial charge in [0.2, 0.25) is 5.91 Å². The molecule has 0 saturated carbocycles. The first-order chi connectivity index (χ1) is 11.4. The third-order valence-electron chi connectivity index (χ3n) is 3.75. The van der Waals surface area contributed by atoms with Gasteiger partial charge < -0.3 is 14.8 Å². The molecule has 24 heavy (non-hydrogen) atoms. The van der Waals surface area contributed by atoms with Gasteiger partial charge in [0.25, 0.3) is 0 Å². The van der Waals surface area contributed by atoms with E-state index in [9.17, 15) is 4.79 Å². The van der Waals surface area contributed by atoms with Crippen LogP contribution in [-0.2, 0) is 4.79 Å². The van der Waals surface area contributed by atoms with Crippen molar-refractivity contribution in [2.75, 3.05) is 13.7 Å². The molecule has 2 aromatic rings. The second-order valence-corrected chi connectivity index (χ2v) is 5.87. The molecule has 1 N–H and O–H groups in total. The maximum absolute atomic E-state index is 12.3. The molecule has 2 rings (SSSR count). The molecular formula is C18H25N3O3. The average molecular weight is 331 g/mol. The summed E-state index contributed by atoms with van der Waals surface area (Å²) in [4.78, 5) is 12.3. The summed E-state index contributed by atoms with van der Waals surface area (Å²) in [7, 11) is 1.60. The fraction of sp³-hybridized carbons (Fsp3) is 0.444. The summed E-state index contributed by atoms with van der Waals surface area (Å²) < 4.78 is 12.8. The zero-order valence-electron chi connectivity index (χ0n) is 14.9. The maximum Gasteiger partial charge on any atom is 0.244 e. The standard InChI is InChI=1S/C18H25N3O3/c1-12-10-13(2)21(20-12)15(4)18(22)19-11-14(3)24-17-9-7-6-8-16(17)23-5/h6-10,14-15H,11H2,1-5H3,(H,19,22). The number of nitrogens with one attached hydrogen (secondary N) is 1. The number of hydrogen-bond acceptors (Lipinski definition) is 4. The van der Waals surface area contributed by atoms with Crippen LogP contribution in [0.5, 0.6) is 11.5 Å². The third kappa shape index (κ3) is 4.28. The number of carbonyl (C=O) groups is 1. The van der Waals surface area contributed by atoms with E-state index in [2.05, 4.69) is 10.4 Å². The van der Waals surface area contributed by atoms with Gasteiger partial charge in [-0.2, -0.15) is 5.10 Å². The van der Waals surface area contributed by atoms with E-state index in [0.717, 1.165) is 11.4 Å². The molecule has 0 aliphatic rings. The summed E-state index contributed by atoms with van der Waals surface area (Å²) in [6, 6.07) is 9.04. The van der Waals surface area contributed by atoms with Gasteiger partial charge in [0, 0.05) is 5.69 Å². The maximum atomic E-state index is 12.3. The van der Waals surface area contributed by atoms with Gasteiger partial charge in [-0.3, -0.25) is 9.48 Å². The van der Waals surface area contributed by atoms with Crippen LogP contribution in [0.15, 0.2) is 30.3 Å². The lowest BCUT2D eigenvalue weighted by Gasteiger charge is -2.19. The van der Waals surface area contributed by atoms with Crippen molar-refractivity contribution in [3.8, 4) is 11.5 Å². The molecule has 6 heteroatoms. The van der Waals surface area contributed by atoms with Gasteiger partial charge >= 0.3 is 0 Å². The molecule has 6 nitrogen and oxygen atoms in total. The number of hydrogen-bond donors (Lipinski definition) is 1. The molecule has 0 spiro atoms. The SMILES string of the molecule is COc1ccccc1OC(C)CNC(=O)C(C)n1nc(C)cc1C. The van der Waals surface area contributed by atoms with Gasteiger partial charge in [-0.05, 0) is 45.9 Å². The number of methoxy groups -OCH3 is 1. The fourth-order valence-corrected chi connectivity index (χ4v) is 2.52. The van der Waals surface area contributed by atoms with Gasteiger partial charge in [-0.25, -0.2) is 0 Å². The Morgan fingerprint density at radius 2 is 1.92 bits per heavy atom. The minimum Gasteiger partial charge on any atom is -0.493 e. The Labute approximate surface area is 142 Å². The van der Waals surface area contributed by atoms with Gasteiger partial charge in [-0.15, -0.1) is 0 Å². The topological polar surface area (TPSA) is 65.4 Å². The van der Waals surface area contributed by atoms with Crippen molar-refractivity contribution in [1.29, 1.82) is 0 Å². The first-order valence-corrected chi connectivity index (χ1v) is 8.02. The predicted octanol–water partition coefficient (Wildman–Crippen LogP) is 2.65. The molecule has 0 saturated heterocycles. The Morgan fingerprint density at radius 1 is 1.25 bits per heavy atom. The number of ether oxygens (including phenoxy) is 2. The molecule has 0 aliphatic carbocycles. The molecule has 1 aromatic carbocycles. The average Bonchev–Trinajstić information content (AvgIpc) is 2.90. The Bertz CT molecular complexity index is 697. The van der Waals surface area contributed by atoms with Crippen LogP contribution in [0.2, 0.25) is 0 Å². The number of aromatic nitrogens is 2. The van der Waals surface area contributed by atoms with Crippen LogP contribution < -0.4 is 14.8 Å². The monoisotopic (exact) mass is 331 g/mol. The molecule has 1 aromatic heterocycles. The van der Waals surface area contributed by atoms with Gasteiger partial charge in [0.1, 0.15) is 12.1 Å². The zero-order chi connectivity index (χ0) is 17.7. The second kappa shape index (κ2) is 7.86. The van der Waals surface area contributed by atoms with E-state index in [1.54, 1.807) is 11.8 Å². The normalized spacial score (nSPS) is 13.2. The highest BCUT2D eigenvalue weighted by molar-refractivity contribution is 5.79. The highest BCUT2D eigenvalue weighted by atomic mass is 16.5. The number of carbonyl (C=O) groups excluding carboxylic acids is 1. The zero-order valence-corrected chi connectivity index (χ0v) is 14.9. The molecule has 2 unspecified atom stereocenters. The number of rotatable bonds is 7. The Hall–Kier alpha value is -2.50. The lowest BCUT2D eigenvalue weighted by Crippen LogP contribution is -2.38. The van der Waals surface area contributed by atoms with Crippen LogP contribution in [0.1, 0.15) is 31.3 Å². The number of amides is 1. The summed E-state index contributed by atoms with van der Waals surface area (Å²) in [5, 5.41) is 7.27. The van der Waals surface area contributed by atoms with Crippen molar-refractivity contribution < 1.29 is 14.3 Å². The highest BCUT2D eigenvalue weighted by Gasteiger charge is 2.18. The van der Waals surface area contributed by atoms with Gasteiger partial charge in [-0.1, -0.05) is 12.1 Å². The van der Waals surface area contributed by atoms with Gasteiger partial charge in [0.05, 0.1) is 19.3 Å². The van der Waals surface area contributed by atoms with Crippen molar-refractivity contribution in [3.05, 3.63) is 41.7 Å². The minimum absolute atomic E-state index is 0.0864. The summed E-state index contributed by atoms with van der Waals surface area (Å²) in [6.07, 6.45) is -0.182. The summed E-state index contributed by atoms with van der Waals surface area (Å²) in [5.41, 5.74) is 1.87. The molecule has 0 bridgehead atoms. The quantitative estimate of drug-likeness (QED) is 0.847. The van der Waals surface area contributed by atoms with Crippen molar-refractivity contribution in [1.82, 2.24) is 15.1 Å². The van der Waals surface area contributed by atoms with Crippen LogP contribution in [0, 0.1) is 13.8 Å². The van der Waals surface area contributed by atoms with E-state index in [1.165, 1.54) is 0 Å². The molecule has 0 aliphatic heterocycles. The molecular weight excluding hydrogens is 306 g/mol. The largest absolute Gasteiger partial charge is 0.493 e. The minimum atomic E-state index is -0.364. The molecule has 0 radical (unpaired) electrons. The van der Waals surface area contributed by atoms with Crippen LogP contribution in [0.25, 0.3) is 0 Å². The third-order valence-corrected chi connectivity index (χ3v) is 3.75. The van der Waals surface area contributed by atoms with Crippen molar-refractivity contribution in [3.63, 3.8) is 0 Å². The van der Waals surface area contributed by atoms with E-state index >= 15 is 0 Å². The second-order valence-electron chi connectivity index (χ2n) is 5.87. The summed E-state index contributed by atoms with van der Waals surface area (Å²) in [6.45, 7) is 8.00. The van der Waals surface area contributed by atoms with E-state index in [4.69, 9.17) is 9.47 Å². The number of benzene rings is 1. The smallest absolute Gasteiger partial charge is 0.244 e. The molecule has 0 fully saturated rings. The van der Waals surface area contributed by atoms with Crippen LogP contribution >= 0.6 is 0 Å². The Balaban J connectivity index is 1.90.